The third kappa shape index (κ3) is 3.61. The van der Waals surface area contributed by atoms with Crippen molar-refractivity contribution in [3.63, 3.8) is 0 Å². The van der Waals surface area contributed by atoms with Crippen molar-refractivity contribution in [3.8, 4) is 5.75 Å². The highest BCUT2D eigenvalue weighted by Crippen LogP contribution is 2.23. The van der Waals surface area contributed by atoms with E-state index in [1.54, 1.807) is 0 Å². The van der Waals surface area contributed by atoms with Crippen LogP contribution in [0.15, 0.2) is 18.2 Å². The van der Waals surface area contributed by atoms with Gasteiger partial charge in [-0.3, -0.25) is 4.79 Å². The second-order valence-corrected chi connectivity index (χ2v) is 3.82. The summed E-state index contributed by atoms with van der Waals surface area (Å²) in [5.41, 5.74) is 0.204. The van der Waals surface area contributed by atoms with E-state index >= 15 is 0 Å². The van der Waals surface area contributed by atoms with Crippen molar-refractivity contribution in [2.24, 2.45) is 0 Å². The maximum absolute atomic E-state index is 11.6. The van der Waals surface area contributed by atoms with E-state index in [9.17, 15) is 19.8 Å². The van der Waals surface area contributed by atoms with Crippen molar-refractivity contribution in [1.29, 1.82) is 0 Å². The van der Waals surface area contributed by atoms with E-state index in [0.29, 0.717) is 0 Å². The molecule has 1 aromatic rings. The van der Waals surface area contributed by atoms with Crippen molar-refractivity contribution in [1.82, 2.24) is 5.32 Å². The highest BCUT2D eigenvalue weighted by Gasteiger charge is 2.17. The van der Waals surface area contributed by atoms with Crippen LogP contribution in [0.2, 0.25) is 5.02 Å². The van der Waals surface area contributed by atoms with Crippen LogP contribution >= 0.6 is 11.6 Å². The van der Waals surface area contributed by atoms with Gasteiger partial charge in [-0.15, -0.1) is 0 Å². The highest BCUT2D eigenvalue weighted by atomic mass is 35.5. The number of methoxy groups -OCH3 is 1. The number of nitrogens with one attached hydrogen (secondary N) is 1. The molecule has 1 unspecified atom stereocenters. The van der Waals surface area contributed by atoms with Gasteiger partial charge in [-0.05, 0) is 18.2 Å². The molecule has 7 heteroatoms. The number of carbonyl (C=O) groups excluding carboxylic acids is 2. The number of amides is 1. The average Bonchev–Trinajstić information content (AvgIpc) is 2.37. The van der Waals surface area contributed by atoms with Gasteiger partial charge in [0.15, 0.2) is 6.10 Å². The molecule has 0 aliphatic rings. The fourth-order valence-corrected chi connectivity index (χ4v) is 1.34. The van der Waals surface area contributed by atoms with Crippen LogP contribution in [0, 0.1) is 0 Å². The summed E-state index contributed by atoms with van der Waals surface area (Å²) in [6.07, 6.45) is -1.42. The summed E-state index contributed by atoms with van der Waals surface area (Å²) in [6.45, 7) is -0.274. The summed E-state index contributed by atoms with van der Waals surface area (Å²) in [6, 6.07) is 3.91. The Morgan fingerprint density at radius 3 is 2.72 bits per heavy atom. The largest absolute Gasteiger partial charge is 0.506 e. The Kier molecular flexibility index (Phi) is 4.94. The fourth-order valence-electron chi connectivity index (χ4n) is 1.16. The Hall–Kier alpha value is -1.79. The number of aliphatic hydroxyl groups excluding tert-OH is 1. The van der Waals surface area contributed by atoms with Crippen molar-refractivity contribution >= 4 is 23.5 Å². The predicted molar refractivity (Wildman–Crippen MR) is 63.5 cm³/mol. The van der Waals surface area contributed by atoms with Crippen LogP contribution in [0.4, 0.5) is 0 Å². The third-order valence-electron chi connectivity index (χ3n) is 2.14. The quantitative estimate of drug-likeness (QED) is 0.686. The van der Waals surface area contributed by atoms with Crippen LogP contribution in [-0.2, 0) is 9.53 Å². The normalized spacial score (nSPS) is 11.7. The van der Waals surface area contributed by atoms with Crippen LogP contribution in [0.25, 0.3) is 0 Å². The first-order valence-corrected chi connectivity index (χ1v) is 5.36. The summed E-state index contributed by atoms with van der Waals surface area (Å²) in [4.78, 5) is 22.5. The number of rotatable bonds is 4. The maximum Gasteiger partial charge on any atom is 0.336 e. The number of benzene rings is 1. The minimum Gasteiger partial charge on any atom is -0.506 e. The molecule has 1 aromatic carbocycles. The molecule has 18 heavy (non-hydrogen) atoms. The lowest BCUT2D eigenvalue weighted by molar-refractivity contribution is -0.149. The van der Waals surface area contributed by atoms with Crippen molar-refractivity contribution in [2.75, 3.05) is 13.7 Å². The Balaban J connectivity index is 2.60. The first-order valence-electron chi connectivity index (χ1n) is 4.98. The van der Waals surface area contributed by atoms with Gasteiger partial charge in [0.2, 0.25) is 0 Å². The number of carbonyl (C=O) groups is 2. The van der Waals surface area contributed by atoms with Gasteiger partial charge in [-0.1, -0.05) is 11.6 Å². The van der Waals surface area contributed by atoms with Gasteiger partial charge in [0.05, 0.1) is 18.7 Å². The van der Waals surface area contributed by atoms with E-state index in [2.05, 4.69) is 10.1 Å². The molecule has 1 atom stereocenters. The summed E-state index contributed by atoms with van der Waals surface area (Å²) in [5, 5.41) is 20.8. The standard InChI is InChI=1S/C11H12ClNO5/c1-18-11(17)9(15)5-13-10(16)6-2-3-8(14)7(12)4-6/h2-4,9,14-15H,5H2,1H3,(H,13,16). The summed E-state index contributed by atoms with van der Waals surface area (Å²) in [5.74, 6) is -1.50. The number of phenolic OH excluding ortho intramolecular Hbond substituents is 1. The molecule has 98 valence electrons. The number of aliphatic hydroxyl groups is 1. The second-order valence-electron chi connectivity index (χ2n) is 3.42. The Morgan fingerprint density at radius 2 is 2.17 bits per heavy atom. The van der Waals surface area contributed by atoms with E-state index < -0.39 is 18.0 Å². The van der Waals surface area contributed by atoms with E-state index in [1.165, 1.54) is 18.2 Å². The minimum absolute atomic E-state index is 0.0381. The van der Waals surface area contributed by atoms with Crippen LogP contribution in [0.1, 0.15) is 10.4 Å². The molecule has 3 N–H and O–H groups in total. The lowest BCUT2D eigenvalue weighted by Gasteiger charge is -2.10. The number of ether oxygens (including phenoxy) is 1. The highest BCUT2D eigenvalue weighted by molar-refractivity contribution is 6.32. The van der Waals surface area contributed by atoms with Gasteiger partial charge >= 0.3 is 5.97 Å². The topological polar surface area (TPSA) is 95.9 Å². The summed E-state index contributed by atoms with van der Waals surface area (Å²) < 4.78 is 4.29. The molecular weight excluding hydrogens is 262 g/mol. The van der Waals surface area contributed by atoms with Gasteiger partial charge in [0.1, 0.15) is 5.75 Å². The van der Waals surface area contributed by atoms with Crippen molar-refractivity contribution in [2.45, 2.75) is 6.10 Å². The minimum atomic E-state index is -1.42. The molecule has 0 saturated carbocycles. The Morgan fingerprint density at radius 1 is 1.50 bits per heavy atom. The Labute approximate surface area is 108 Å². The number of hydrogen-bond donors (Lipinski definition) is 3. The molecular formula is C11H12ClNO5. The number of halogens is 1. The zero-order chi connectivity index (χ0) is 13.7. The first-order chi connectivity index (χ1) is 8.45. The van der Waals surface area contributed by atoms with E-state index in [0.717, 1.165) is 7.11 Å². The molecule has 0 aliphatic carbocycles. The zero-order valence-electron chi connectivity index (χ0n) is 9.51. The van der Waals surface area contributed by atoms with Crippen LogP contribution in [-0.4, -0.2) is 41.8 Å². The predicted octanol–water partition coefficient (Wildman–Crippen LogP) is 0.309. The molecule has 0 fully saturated rings. The number of hydrogen-bond acceptors (Lipinski definition) is 5. The lowest BCUT2D eigenvalue weighted by atomic mass is 10.2. The summed E-state index contributed by atoms with van der Waals surface area (Å²) in [7, 11) is 1.13. The van der Waals surface area contributed by atoms with E-state index in [4.69, 9.17) is 11.6 Å². The summed E-state index contributed by atoms with van der Waals surface area (Å²) >= 11 is 5.64. The molecule has 0 saturated heterocycles. The number of esters is 1. The molecule has 0 aromatic heterocycles. The fraction of sp³-hybridized carbons (Fsp3) is 0.273. The number of phenols is 1. The molecule has 6 nitrogen and oxygen atoms in total. The van der Waals surface area contributed by atoms with Gasteiger partial charge < -0.3 is 20.3 Å². The Bertz CT molecular complexity index is 463. The van der Waals surface area contributed by atoms with Crippen LogP contribution in [0.3, 0.4) is 0 Å². The van der Waals surface area contributed by atoms with Crippen LogP contribution in [0.5, 0.6) is 5.75 Å². The molecule has 1 amide bonds. The van der Waals surface area contributed by atoms with Crippen molar-refractivity contribution < 1.29 is 24.5 Å². The molecule has 0 radical (unpaired) electrons. The molecule has 0 spiro atoms. The maximum atomic E-state index is 11.6. The first kappa shape index (κ1) is 14.3. The van der Waals surface area contributed by atoms with Gasteiger partial charge in [-0.2, -0.15) is 0 Å². The number of aromatic hydroxyl groups is 1. The molecule has 0 bridgehead atoms. The van der Waals surface area contributed by atoms with Gasteiger partial charge in [0, 0.05) is 5.56 Å². The zero-order valence-corrected chi connectivity index (χ0v) is 10.3. The average molecular weight is 274 g/mol. The third-order valence-corrected chi connectivity index (χ3v) is 2.44. The lowest BCUT2D eigenvalue weighted by Crippen LogP contribution is -2.37. The van der Waals surface area contributed by atoms with Crippen LogP contribution < -0.4 is 5.32 Å². The van der Waals surface area contributed by atoms with E-state index in [-0.39, 0.29) is 22.9 Å². The monoisotopic (exact) mass is 273 g/mol. The second kappa shape index (κ2) is 6.23. The smallest absolute Gasteiger partial charge is 0.336 e. The molecule has 0 heterocycles. The van der Waals surface area contributed by atoms with Gasteiger partial charge in [-0.25, -0.2) is 4.79 Å². The molecule has 1 rings (SSSR count). The van der Waals surface area contributed by atoms with Crippen molar-refractivity contribution in [3.05, 3.63) is 28.8 Å². The van der Waals surface area contributed by atoms with E-state index in [1.807, 2.05) is 0 Å². The molecule has 0 aliphatic heterocycles. The van der Waals surface area contributed by atoms with Gasteiger partial charge in [0.25, 0.3) is 5.91 Å². The SMILES string of the molecule is COC(=O)C(O)CNC(=O)c1ccc(O)c(Cl)c1.